The molecule has 2 atom stereocenters. The normalized spacial score (nSPS) is 26.1. The van der Waals surface area contributed by atoms with Crippen LogP contribution in [0.2, 0.25) is 0 Å². The molecule has 3 rings (SSSR count). The number of quaternary nitrogens is 1. The Labute approximate surface area is 122 Å². The van der Waals surface area contributed by atoms with Crippen molar-refractivity contribution in [3.63, 3.8) is 0 Å². The van der Waals surface area contributed by atoms with E-state index >= 15 is 0 Å². The van der Waals surface area contributed by atoms with Crippen molar-refractivity contribution in [2.75, 3.05) is 13.1 Å². The molecule has 5 heteroatoms. The number of hydrogen-bond donors (Lipinski definition) is 2. The topological polar surface area (TPSA) is 64.1 Å². The molecule has 0 saturated carbocycles. The van der Waals surface area contributed by atoms with E-state index in [1.54, 1.807) is 12.1 Å². The first kappa shape index (κ1) is 14.1. The Hall–Kier alpha value is -1.85. The van der Waals surface area contributed by atoms with Crippen LogP contribution in [0.15, 0.2) is 33.5 Å². The van der Waals surface area contributed by atoms with Crippen LogP contribution in [0.3, 0.4) is 0 Å². The molecule has 1 saturated heterocycles. The van der Waals surface area contributed by atoms with Gasteiger partial charge in [0.25, 0.3) is 0 Å². The van der Waals surface area contributed by atoms with Crippen LogP contribution in [0.4, 0.5) is 0 Å². The Balaban J connectivity index is 1.96. The summed E-state index contributed by atoms with van der Waals surface area (Å²) in [6.07, 6.45) is 0.423. The Morgan fingerprint density at radius 1 is 1.24 bits per heavy atom. The number of morpholine rings is 1. The van der Waals surface area contributed by atoms with Crippen LogP contribution >= 0.6 is 0 Å². The zero-order chi connectivity index (χ0) is 15.0. The van der Waals surface area contributed by atoms with Crippen molar-refractivity contribution >= 4 is 11.0 Å². The number of hydrogen-bond acceptors (Lipinski definition) is 4. The molecule has 1 aliphatic rings. The van der Waals surface area contributed by atoms with Gasteiger partial charge in [0, 0.05) is 17.0 Å². The number of nitrogens with one attached hydrogen (secondary N) is 1. The zero-order valence-electron chi connectivity index (χ0n) is 12.3. The fourth-order valence-electron chi connectivity index (χ4n) is 3.16. The molecule has 2 N–H and O–H groups in total. The molecule has 21 heavy (non-hydrogen) atoms. The molecular formula is C16H20NO4+. The van der Waals surface area contributed by atoms with Crippen LogP contribution < -0.4 is 10.5 Å². The van der Waals surface area contributed by atoms with Crippen molar-refractivity contribution in [3.05, 3.63) is 40.2 Å². The lowest BCUT2D eigenvalue weighted by molar-refractivity contribution is -0.928. The summed E-state index contributed by atoms with van der Waals surface area (Å²) in [4.78, 5) is 13.1. The van der Waals surface area contributed by atoms with Crippen LogP contribution in [0, 0.1) is 0 Å². The van der Waals surface area contributed by atoms with Gasteiger partial charge in [-0.1, -0.05) is 0 Å². The van der Waals surface area contributed by atoms with E-state index < -0.39 is 0 Å². The first-order valence-corrected chi connectivity index (χ1v) is 7.26. The third-order valence-electron chi connectivity index (χ3n) is 3.87. The van der Waals surface area contributed by atoms with Gasteiger partial charge in [-0.3, -0.25) is 0 Å². The summed E-state index contributed by atoms with van der Waals surface area (Å²) in [5.74, 6) is 0.177. The van der Waals surface area contributed by atoms with Gasteiger partial charge < -0.3 is 19.2 Å². The molecule has 0 amide bonds. The molecular weight excluding hydrogens is 270 g/mol. The monoisotopic (exact) mass is 290 g/mol. The number of fused-ring (bicyclic) bond motifs is 1. The number of phenols is 1. The molecule has 0 unspecified atom stereocenters. The van der Waals surface area contributed by atoms with Crippen LogP contribution in [0.5, 0.6) is 5.75 Å². The highest BCUT2D eigenvalue weighted by Gasteiger charge is 2.26. The third kappa shape index (κ3) is 3.09. The molecule has 1 aromatic heterocycles. The van der Waals surface area contributed by atoms with Crippen LogP contribution in [0.1, 0.15) is 19.4 Å². The van der Waals surface area contributed by atoms with E-state index in [9.17, 15) is 9.90 Å². The number of ether oxygens (including phenoxy) is 1. The first-order chi connectivity index (χ1) is 10.0. The van der Waals surface area contributed by atoms with Crippen molar-refractivity contribution in [1.82, 2.24) is 0 Å². The standard InChI is InChI=1S/C16H19NO4/c1-10-7-17(8-11(2)20-10)9-12-5-16(19)21-15-4-3-13(18)6-14(12)15/h3-6,10-11,18H,7-9H2,1-2H3/p+1/t10-,11-/m1/s1. The van der Waals surface area contributed by atoms with Crippen molar-refractivity contribution in [1.29, 1.82) is 0 Å². The lowest BCUT2D eigenvalue weighted by atomic mass is 10.1. The third-order valence-corrected chi connectivity index (χ3v) is 3.87. The summed E-state index contributed by atoms with van der Waals surface area (Å²) in [6.45, 7) is 6.68. The van der Waals surface area contributed by atoms with E-state index in [0.717, 1.165) is 30.6 Å². The molecule has 0 radical (unpaired) electrons. The van der Waals surface area contributed by atoms with Crippen molar-refractivity contribution in [3.8, 4) is 5.75 Å². The summed E-state index contributed by atoms with van der Waals surface area (Å²) in [5.41, 5.74) is 1.08. The van der Waals surface area contributed by atoms with Gasteiger partial charge in [-0.2, -0.15) is 0 Å². The largest absolute Gasteiger partial charge is 0.508 e. The number of phenolic OH excluding ortho intramolecular Hbond substituents is 1. The number of benzene rings is 1. The highest BCUT2D eigenvalue weighted by molar-refractivity contribution is 5.81. The molecule has 1 fully saturated rings. The summed E-state index contributed by atoms with van der Waals surface area (Å²) < 4.78 is 10.9. The molecule has 5 nitrogen and oxygen atoms in total. The molecule has 0 bridgehead atoms. The van der Waals surface area contributed by atoms with Gasteiger partial charge in [-0.25, -0.2) is 4.79 Å². The van der Waals surface area contributed by atoms with E-state index in [4.69, 9.17) is 9.15 Å². The van der Waals surface area contributed by atoms with Gasteiger partial charge in [0.05, 0.1) is 0 Å². The quantitative estimate of drug-likeness (QED) is 0.799. The second-order valence-electron chi connectivity index (χ2n) is 5.86. The lowest BCUT2D eigenvalue weighted by Gasteiger charge is -2.32. The fourth-order valence-corrected chi connectivity index (χ4v) is 3.16. The Morgan fingerprint density at radius 2 is 1.95 bits per heavy atom. The van der Waals surface area contributed by atoms with E-state index in [1.807, 2.05) is 0 Å². The minimum atomic E-state index is -0.350. The summed E-state index contributed by atoms with van der Waals surface area (Å²) in [7, 11) is 0. The molecule has 2 heterocycles. The molecule has 0 aliphatic carbocycles. The zero-order valence-corrected chi connectivity index (χ0v) is 12.3. The maximum atomic E-state index is 11.7. The first-order valence-electron chi connectivity index (χ1n) is 7.26. The Kier molecular flexibility index (Phi) is 3.69. The fraction of sp³-hybridized carbons (Fsp3) is 0.438. The summed E-state index contributed by atoms with van der Waals surface area (Å²) in [6, 6.07) is 6.34. The van der Waals surface area contributed by atoms with Gasteiger partial charge >= 0.3 is 5.63 Å². The maximum Gasteiger partial charge on any atom is 0.336 e. The van der Waals surface area contributed by atoms with Crippen LogP contribution in [0.25, 0.3) is 11.0 Å². The molecule has 0 spiro atoms. The SMILES string of the molecule is C[C@@H]1C[NH+](Cc2cc(=O)oc3ccc(O)cc23)C[C@@H](C)O1. The van der Waals surface area contributed by atoms with Gasteiger partial charge in [-0.15, -0.1) is 0 Å². The lowest BCUT2D eigenvalue weighted by Crippen LogP contribution is -3.14. The summed E-state index contributed by atoms with van der Waals surface area (Å²) in [5, 5.41) is 10.5. The van der Waals surface area contributed by atoms with E-state index in [1.165, 1.54) is 17.0 Å². The molecule has 112 valence electrons. The second-order valence-corrected chi connectivity index (χ2v) is 5.86. The minimum Gasteiger partial charge on any atom is -0.508 e. The van der Waals surface area contributed by atoms with Crippen molar-refractivity contribution in [2.45, 2.75) is 32.6 Å². The highest BCUT2D eigenvalue weighted by Crippen LogP contribution is 2.21. The number of aromatic hydroxyl groups is 1. The molecule has 2 aromatic rings. The van der Waals surface area contributed by atoms with Gasteiger partial charge in [0.2, 0.25) is 0 Å². The molecule has 1 aromatic carbocycles. The van der Waals surface area contributed by atoms with E-state index in [2.05, 4.69) is 13.8 Å². The average molecular weight is 290 g/mol. The van der Waals surface area contributed by atoms with Gasteiger partial charge in [0.15, 0.2) is 0 Å². The second kappa shape index (κ2) is 5.50. The average Bonchev–Trinajstić information content (AvgIpc) is 2.38. The summed E-state index contributed by atoms with van der Waals surface area (Å²) >= 11 is 0. The van der Waals surface area contributed by atoms with Crippen LogP contribution in [-0.2, 0) is 11.3 Å². The Bertz CT molecular complexity index is 699. The minimum absolute atomic E-state index is 0.177. The van der Waals surface area contributed by atoms with Gasteiger partial charge in [-0.05, 0) is 32.0 Å². The van der Waals surface area contributed by atoms with Crippen LogP contribution in [-0.4, -0.2) is 30.4 Å². The van der Waals surface area contributed by atoms with Gasteiger partial charge in [0.1, 0.15) is 43.2 Å². The van der Waals surface area contributed by atoms with E-state index in [0.29, 0.717) is 5.58 Å². The number of rotatable bonds is 2. The van der Waals surface area contributed by atoms with E-state index in [-0.39, 0.29) is 23.6 Å². The smallest absolute Gasteiger partial charge is 0.336 e. The van der Waals surface area contributed by atoms with Crippen molar-refractivity contribution in [2.24, 2.45) is 0 Å². The molecule has 1 aliphatic heterocycles. The predicted molar refractivity (Wildman–Crippen MR) is 78.6 cm³/mol. The predicted octanol–water partition coefficient (Wildman–Crippen LogP) is 0.691. The maximum absolute atomic E-state index is 11.7. The highest BCUT2D eigenvalue weighted by atomic mass is 16.5. The Morgan fingerprint density at radius 3 is 2.67 bits per heavy atom. The van der Waals surface area contributed by atoms with Crippen molar-refractivity contribution < 1.29 is 19.2 Å².